The number of rotatable bonds is 12. The van der Waals surface area contributed by atoms with Gasteiger partial charge in [-0.15, -0.1) is 0 Å². The summed E-state index contributed by atoms with van der Waals surface area (Å²) in [5.74, 6) is 0. The fourth-order valence-electron chi connectivity index (χ4n) is 26.1. The lowest BCUT2D eigenvalue weighted by Crippen LogP contribution is -2.24. The van der Waals surface area contributed by atoms with E-state index in [1.807, 2.05) is 18.5 Å². The maximum atomic E-state index is 4.86. The molecule has 0 bridgehead atoms. The Labute approximate surface area is 863 Å². The summed E-state index contributed by atoms with van der Waals surface area (Å²) >= 11 is 0. The molecular formula is C136H158N8. The van der Waals surface area contributed by atoms with Gasteiger partial charge in [0.25, 0.3) is 0 Å². The van der Waals surface area contributed by atoms with Crippen molar-refractivity contribution >= 4 is 33.7 Å². The first-order valence-electron chi connectivity index (χ1n) is 53.9. The van der Waals surface area contributed by atoms with Crippen LogP contribution < -0.4 is 21.3 Å². The maximum absolute atomic E-state index is 4.86. The second-order valence-corrected chi connectivity index (χ2v) is 48.5. The zero-order valence-electron chi connectivity index (χ0n) is 90.9. The van der Waals surface area contributed by atoms with Crippen LogP contribution >= 0.6 is 0 Å². The molecule has 4 heterocycles. The van der Waals surface area contributed by atoms with E-state index < -0.39 is 0 Å². The number of hydrogen-bond acceptors (Lipinski definition) is 8. The molecule has 8 nitrogen and oxygen atoms in total. The molecule has 4 aromatic heterocycles. The number of nitrogens with one attached hydrogen (secondary N) is 4. The Morgan fingerprint density at radius 1 is 0.236 bits per heavy atom. The smallest absolute Gasteiger partial charge is 0.0706 e. The summed E-state index contributed by atoms with van der Waals surface area (Å²) in [7, 11) is 0. The maximum Gasteiger partial charge on any atom is 0.0706 e. The summed E-state index contributed by atoms with van der Waals surface area (Å²) in [6.07, 6.45) is 23.2. The van der Waals surface area contributed by atoms with Gasteiger partial charge in [-0.3, -0.25) is 19.9 Å². The minimum Gasteiger partial charge on any atom is -0.379 e. The number of aryl methyl sites for hydroxylation is 16. The second kappa shape index (κ2) is 40.8. The van der Waals surface area contributed by atoms with Crippen molar-refractivity contribution in [1.82, 2.24) is 19.9 Å². The minimum absolute atomic E-state index is 0.140. The molecule has 23 rings (SSSR count). The van der Waals surface area contributed by atoms with Crippen LogP contribution in [-0.4, -0.2) is 19.9 Å². The van der Waals surface area contributed by atoms with Crippen LogP contribution in [0.2, 0.25) is 0 Å². The van der Waals surface area contributed by atoms with Gasteiger partial charge in [0.15, 0.2) is 0 Å². The molecule has 8 heteroatoms. The predicted octanol–water partition coefficient (Wildman–Crippen LogP) is 33.0. The highest BCUT2D eigenvalue weighted by atomic mass is 14.9. The third kappa shape index (κ3) is 20.8. The van der Waals surface area contributed by atoms with Gasteiger partial charge in [-0.05, 0) is 397 Å². The first kappa shape index (κ1) is 102. The summed E-state index contributed by atoms with van der Waals surface area (Å²) in [6, 6.07) is 96.0. The van der Waals surface area contributed by atoms with Crippen molar-refractivity contribution in [3.8, 4) is 0 Å². The molecule has 0 saturated heterocycles. The lowest BCUT2D eigenvalue weighted by molar-refractivity contribution is 0.506. The number of nitrogens with zero attached hydrogens (tertiary/aromatic N) is 4. The van der Waals surface area contributed by atoms with E-state index in [1.165, 1.54) is 220 Å². The molecule has 8 aliphatic carbocycles. The van der Waals surface area contributed by atoms with Crippen LogP contribution in [0.25, 0.3) is 10.9 Å². The molecule has 0 amide bonds. The Hall–Kier alpha value is -12.5. The van der Waals surface area contributed by atoms with Gasteiger partial charge in [0.1, 0.15) is 0 Å². The minimum atomic E-state index is 0.140. The highest BCUT2D eigenvalue weighted by molar-refractivity contribution is 5.79. The van der Waals surface area contributed by atoms with Gasteiger partial charge in [-0.2, -0.15) is 0 Å². The molecule has 11 aromatic carbocycles. The van der Waals surface area contributed by atoms with Crippen molar-refractivity contribution < 1.29 is 0 Å². The van der Waals surface area contributed by atoms with Crippen LogP contribution in [-0.2, 0) is 126 Å². The van der Waals surface area contributed by atoms with Crippen molar-refractivity contribution in [3.63, 3.8) is 0 Å². The van der Waals surface area contributed by atoms with E-state index in [1.54, 1.807) is 66.8 Å². The molecule has 742 valence electrons. The third-order valence-electron chi connectivity index (χ3n) is 33.3. The van der Waals surface area contributed by atoms with Gasteiger partial charge in [0, 0.05) is 67.9 Å². The van der Waals surface area contributed by atoms with E-state index >= 15 is 0 Å². The highest BCUT2D eigenvalue weighted by Gasteiger charge is 2.51. The first-order valence-corrected chi connectivity index (χ1v) is 53.9. The molecule has 4 spiro atoms. The summed E-state index contributed by atoms with van der Waals surface area (Å²) in [5.41, 5.74) is 55.3. The van der Waals surface area contributed by atoms with Crippen molar-refractivity contribution in [1.29, 1.82) is 0 Å². The normalized spacial score (nSPS) is 18.3. The standard InChI is InChI=1S/C28H26N2.C28H32N2.2C25H26N2.C18H30.C12H18/c1-19-6-4-8-21-14-16-28(26(19)21)17-15-22-9-5-11-25(27(22)28)29-18-23-13-12-20-7-2-3-10-24(20)30-23;1-19-7-5-8-20-11-14-28(25(19)20)15-12-21-9-6-10-24(26(21)28)30-18-23-17-22(13-16-29-23)27(2,3)4;1-17-7-5-15-26-22(17)16-27-21-10-4-9-20-12-14-25(24(20)21)13-11-19-8-3-6-18(2)23(19)25;1-17-6-3-8-19-12-14-25(23(17)19)15-13-20-9-5-11-22(24(20)25)26-16-21-10-4-7-18(2)27-21;1-16(2,3)13-10-14(17(4,5)6)12-15(11-13)18(7,8)9;1-9-6-10(2)8-11(7-9)12(3,4)5/h2-13,29H,14-18H2,1H3;5-10,13,16-17,30H,11-12,14-15,18H2,1-4H3;3-10,15,27H,11-14,16H2,1-2H3;3-11,26H,12-16H2,1-2H3;10-12H,1-9H3;6-8H,1-5H3/t2*28-;2*25-;;/m1111../s1. The van der Waals surface area contributed by atoms with Crippen LogP contribution in [0.4, 0.5) is 22.7 Å². The van der Waals surface area contributed by atoms with Gasteiger partial charge in [0.05, 0.1) is 54.5 Å². The summed E-state index contributed by atoms with van der Waals surface area (Å²) in [5, 5.41) is 16.2. The number of hydrogen-bond donors (Lipinski definition) is 4. The van der Waals surface area contributed by atoms with E-state index in [2.05, 4.69) is 450 Å². The molecule has 0 fully saturated rings. The van der Waals surface area contributed by atoms with E-state index in [0.717, 1.165) is 60.2 Å². The zero-order valence-corrected chi connectivity index (χ0v) is 90.9. The van der Waals surface area contributed by atoms with Gasteiger partial charge in [-0.1, -0.05) is 309 Å². The number of anilines is 4. The zero-order chi connectivity index (χ0) is 102. The topological polar surface area (TPSA) is 99.7 Å². The number of benzene rings is 11. The van der Waals surface area contributed by atoms with Gasteiger partial charge < -0.3 is 21.3 Å². The lowest BCUT2D eigenvalue weighted by Gasteiger charge is -2.30. The number of fused-ring (bicyclic) bond motifs is 17. The molecule has 15 aromatic rings. The van der Waals surface area contributed by atoms with Crippen molar-refractivity contribution in [2.45, 2.75) is 337 Å². The Bertz CT molecular complexity index is 7130. The number of pyridine rings is 4. The van der Waals surface area contributed by atoms with Crippen LogP contribution in [0.15, 0.2) is 273 Å². The quantitative estimate of drug-likeness (QED) is 0.0960. The molecule has 8 aliphatic rings. The van der Waals surface area contributed by atoms with Gasteiger partial charge in [-0.25, -0.2) is 0 Å². The van der Waals surface area contributed by atoms with E-state index in [9.17, 15) is 0 Å². The Balaban J connectivity index is 0.000000116. The van der Waals surface area contributed by atoms with E-state index in [4.69, 9.17) is 4.98 Å². The van der Waals surface area contributed by atoms with Crippen molar-refractivity contribution in [3.05, 3.63) is 457 Å². The van der Waals surface area contributed by atoms with Crippen LogP contribution in [0, 0.1) is 55.4 Å². The fourth-order valence-corrected chi connectivity index (χ4v) is 26.1. The SMILES string of the molecule is CC(C)(C)c1cc(C(C)(C)C)cc(C(C)(C)C)c1.Cc1cc(C)cc(C(C)(C)C)c1.Cc1cccc(CNc2cccc3c2[C@]2(CCc4cccc(C)c42)CC3)n1.Cc1cccc2c1[C@@]1(CC2)CCc2cccc(NCc3cc(C(C)(C)C)ccn3)c21.Cc1cccc2c1[C@@]1(CC2)CCc2cccc(NCc3ccc4ccccc4n3)c21.Cc1cccnc1CNc1cccc2c1[C@]1(CCc3cccc(C)c31)CC2. The number of para-hydroxylation sites is 1. The molecule has 144 heavy (non-hydrogen) atoms. The monoisotopic (exact) mass is 1900 g/mol. The molecular weight excluding hydrogens is 1750 g/mol. The second-order valence-electron chi connectivity index (χ2n) is 48.5. The van der Waals surface area contributed by atoms with Gasteiger partial charge >= 0.3 is 0 Å². The fraction of sp³-hybridized carbons (Fsp3) is 0.382. The summed E-state index contributed by atoms with van der Waals surface area (Å²) < 4.78 is 0. The highest BCUT2D eigenvalue weighted by Crippen LogP contribution is 2.61. The van der Waals surface area contributed by atoms with Gasteiger partial charge in [0.2, 0.25) is 0 Å². The number of aromatic nitrogens is 4. The summed E-state index contributed by atoms with van der Waals surface area (Å²) in [6.45, 7) is 54.9. The van der Waals surface area contributed by atoms with Crippen LogP contribution in [0.5, 0.6) is 0 Å². The Morgan fingerprint density at radius 2 is 0.549 bits per heavy atom. The average Bonchev–Trinajstić information content (AvgIpc) is 1.57. The molecule has 4 N–H and O–H groups in total. The Morgan fingerprint density at radius 3 is 0.903 bits per heavy atom. The van der Waals surface area contributed by atoms with Crippen LogP contribution in [0.1, 0.15) is 339 Å². The van der Waals surface area contributed by atoms with Crippen molar-refractivity contribution in [2.75, 3.05) is 21.3 Å². The lowest BCUT2D eigenvalue weighted by atomic mass is 9.74. The molecule has 0 saturated carbocycles. The largest absolute Gasteiger partial charge is 0.379 e. The Kier molecular flexibility index (Phi) is 28.8. The van der Waals surface area contributed by atoms with Crippen LogP contribution in [0.3, 0.4) is 0 Å². The molecule has 0 radical (unpaired) electrons. The van der Waals surface area contributed by atoms with E-state index in [0.29, 0.717) is 0 Å². The van der Waals surface area contributed by atoms with Crippen molar-refractivity contribution in [2.24, 2.45) is 0 Å². The molecule has 4 atom stereocenters. The van der Waals surface area contributed by atoms with E-state index in [-0.39, 0.29) is 48.7 Å². The average molecular weight is 1900 g/mol. The molecule has 0 unspecified atom stereocenters. The summed E-state index contributed by atoms with van der Waals surface area (Å²) in [4.78, 5) is 18.7. The first-order chi connectivity index (χ1) is 68.7. The molecule has 0 aliphatic heterocycles. The predicted molar refractivity (Wildman–Crippen MR) is 609 cm³/mol. The third-order valence-corrected chi connectivity index (χ3v) is 33.3.